The van der Waals surface area contributed by atoms with Gasteiger partial charge in [0.1, 0.15) is 6.04 Å². The molecule has 7 nitrogen and oxygen atoms in total. The molecule has 0 aliphatic carbocycles. The largest absolute Gasteiger partial charge is 0.465 e. The van der Waals surface area contributed by atoms with Gasteiger partial charge in [-0.2, -0.15) is 0 Å². The van der Waals surface area contributed by atoms with E-state index in [0.717, 1.165) is 0 Å². The number of esters is 1. The van der Waals surface area contributed by atoms with E-state index in [0.29, 0.717) is 11.1 Å². The number of nitro groups is 1. The van der Waals surface area contributed by atoms with Crippen LogP contribution in [-0.4, -0.2) is 30.0 Å². The zero-order chi connectivity index (χ0) is 14.7. The Morgan fingerprint density at radius 3 is 2.60 bits per heavy atom. The number of carbonyl (C=O) groups is 2. The third kappa shape index (κ3) is 2.76. The Bertz CT molecular complexity index is 540. The van der Waals surface area contributed by atoms with Crippen LogP contribution in [-0.2, 0) is 9.53 Å². The second-order valence-corrected chi connectivity index (χ2v) is 4.55. The van der Waals surface area contributed by atoms with Gasteiger partial charge in [0.15, 0.2) is 0 Å². The maximum Gasteiger partial charge on any atom is 0.337 e. The molecule has 0 bridgehead atoms. The van der Waals surface area contributed by atoms with E-state index < -0.39 is 18.1 Å². The van der Waals surface area contributed by atoms with Crippen molar-refractivity contribution in [1.82, 2.24) is 5.32 Å². The molecule has 1 fully saturated rings. The van der Waals surface area contributed by atoms with Crippen molar-refractivity contribution in [3.63, 3.8) is 0 Å². The van der Waals surface area contributed by atoms with E-state index in [9.17, 15) is 19.7 Å². The minimum Gasteiger partial charge on any atom is -0.465 e. The molecule has 0 saturated carbocycles. The van der Waals surface area contributed by atoms with Crippen molar-refractivity contribution in [2.45, 2.75) is 24.9 Å². The lowest BCUT2D eigenvalue weighted by molar-refractivity contribution is -0.529. The monoisotopic (exact) mass is 278 g/mol. The molecular weight excluding hydrogens is 264 g/mol. The van der Waals surface area contributed by atoms with Gasteiger partial charge in [0.2, 0.25) is 11.9 Å². The van der Waals surface area contributed by atoms with Gasteiger partial charge >= 0.3 is 5.97 Å². The zero-order valence-electron chi connectivity index (χ0n) is 10.9. The van der Waals surface area contributed by atoms with Gasteiger partial charge in [-0.05, 0) is 17.7 Å². The summed E-state index contributed by atoms with van der Waals surface area (Å²) in [6, 6.07) is 4.73. The van der Waals surface area contributed by atoms with Crippen molar-refractivity contribution in [1.29, 1.82) is 0 Å². The molecule has 1 N–H and O–H groups in total. The van der Waals surface area contributed by atoms with Crippen molar-refractivity contribution in [3.05, 3.63) is 45.5 Å². The van der Waals surface area contributed by atoms with Gasteiger partial charge in [-0.25, -0.2) is 4.79 Å². The smallest absolute Gasteiger partial charge is 0.337 e. The van der Waals surface area contributed by atoms with Crippen molar-refractivity contribution < 1.29 is 19.2 Å². The number of ether oxygens (including phenoxy) is 1. The van der Waals surface area contributed by atoms with E-state index in [1.165, 1.54) is 19.2 Å². The Morgan fingerprint density at radius 2 is 2.05 bits per heavy atom. The third-order valence-corrected chi connectivity index (χ3v) is 3.33. The van der Waals surface area contributed by atoms with Crippen LogP contribution >= 0.6 is 0 Å². The fourth-order valence-electron chi connectivity index (χ4n) is 2.26. The summed E-state index contributed by atoms with van der Waals surface area (Å²) in [7, 11) is 1.28. The predicted molar refractivity (Wildman–Crippen MR) is 68.7 cm³/mol. The van der Waals surface area contributed by atoms with E-state index in [-0.39, 0.29) is 23.7 Å². The van der Waals surface area contributed by atoms with Crippen molar-refractivity contribution >= 4 is 11.9 Å². The first-order valence-corrected chi connectivity index (χ1v) is 6.14. The predicted octanol–water partition coefficient (Wildman–Crippen LogP) is 1.07. The molecule has 1 aromatic carbocycles. The van der Waals surface area contributed by atoms with Gasteiger partial charge < -0.3 is 10.1 Å². The van der Waals surface area contributed by atoms with Crippen molar-refractivity contribution in [2.24, 2.45) is 0 Å². The summed E-state index contributed by atoms with van der Waals surface area (Å²) in [5, 5.41) is 13.7. The second kappa shape index (κ2) is 5.68. The first kappa shape index (κ1) is 14.0. The van der Waals surface area contributed by atoms with E-state index in [1.54, 1.807) is 12.1 Å². The molecule has 0 spiro atoms. The molecule has 7 heteroatoms. The molecule has 1 aliphatic heterocycles. The highest BCUT2D eigenvalue weighted by molar-refractivity contribution is 5.89. The molecule has 20 heavy (non-hydrogen) atoms. The standard InChI is InChI=1S/C13H14N2O5/c1-20-13(17)9-4-2-8(3-5-9)12-10(15(18)19)6-7-11(16)14-12/h2-5,10,12H,6-7H2,1H3,(H,14,16)/t10-,12+/m0/s1. The Morgan fingerprint density at radius 1 is 1.40 bits per heavy atom. The van der Waals surface area contributed by atoms with Gasteiger partial charge in [0.25, 0.3) is 0 Å². The number of hydrogen-bond donors (Lipinski definition) is 1. The molecule has 0 aromatic heterocycles. The molecular formula is C13H14N2O5. The summed E-state index contributed by atoms with van der Waals surface area (Å²) < 4.78 is 4.58. The normalized spacial score (nSPS) is 21.9. The fourth-order valence-corrected chi connectivity index (χ4v) is 2.26. The van der Waals surface area contributed by atoms with E-state index in [1.807, 2.05) is 0 Å². The molecule has 2 atom stereocenters. The maximum absolute atomic E-state index is 11.4. The van der Waals surface area contributed by atoms with Crippen LogP contribution in [0.15, 0.2) is 24.3 Å². The summed E-state index contributed by atoms with van der Waals surface area (Å²) in [6.45, 7) is 0. The second-order valence-electron chi connectivity index (χ2n) is 4.55. The molecule has 1 amide bonds. The van der Waals surface area contributed by atoms with Crippen molar-refractivity contribution in [2.75, 3.05) is 7.11 Å². The number of methoxy groups -OCH3 is 1. The lowest BCUT2D eigenvalue weighted by atomic mass is 9.92. The van der Waals surface area contributed by atoms with Crippen LogP contribution < -0.4 is 5.32 Å². The number of amides is 1. The van der Waals surface area contributed by atoms with Gasteiger partial charge in [0, 0.05) is 17.8 Å². The molecule has 1 aliphatic rings. The van der Waals surface area contributed by atoms with Gasteiger partial charge in [-0.1, -0.05) is 12.1 Å². The summed E-state index contributed by atoms with van der Waals surface area (Å²) in [5.74, 6) is -0.680. The highest BCUT2D eigenvalue weighted by Gasteiger charge is 2.38. The average Bonchev–Trinajstić information content (AvgIpc) is 2.46. The summed E-state index contributed by atoms with van der Waals surface area (Å²) in [6.07, 6.45) is 0.366. The number of rotatable bonds is 3. The molecule has 2 rings (SSSR count). The molecule has 0 unspecified atom stereocenters. The summed E-state index contributed by atoms with van der Waals surface area (Å²) in [4.78, 5) is 33.4. The molecule has 0 radical (unpaired) electrons. The van der Waals surface area contributed by atoms with Crippen LogP contribution in [0.25, 0.3) is 0 Å². The first-order valence-electron chi connectivity index (χ1n) is 6.14. The third-order valence-electron chi connectivity index (χ3n) is 3.33. The number of hydrogen-bond acceptors (Lipinski definition) is 5. The van der Waals surface area contributed by atoms with E-state index in [2.05, 4.69) is 10.1 Å². The Kier molecular flexibility index (Phi) is 3.97. The topological polar surface area (TPSA) is 98.5 Å². The molecule has 1 heterocycles. The number of nitrogens with one attached hydrogen (secondary N) is 1. The van der Waals surface area contributed by atoms with Gasteiger partial charge in [0.05, 0.1) is 12.7 Å². The Hall–Kier alpha value is -2.44. The van der Waals surface area contributed by atoms with Crippen LogP contribution in [0, 0.1) is 10.1 Å². The van der Waals surface area contributed by atoms with E-state index >= 15 is 0 Å². The Balaban J connectivity index is 2.25. The van der Waals surface area contributed by atoms with Gasteiger partial charge in [-0.3, -0.25) is 14.9 Å². The molecule has 106 valence electrons. The van der Waals surface area contributed by atoms with Crippen LogP contribution in [0.2, 0.25) is 0 Å². The highest BCUT2D eigenvalue weighted by Crippen LogP contribution is 2.26. The van der Waals surface area contributed by atoms with Crippen LogP contribution in [0.3, 0.4) is 0 Å². The van der Waals surface area contributed by atoms with Crippen LogP contribution in [0.1, 0.15) is 34.8 Å². The number of nitrogens with zero attached hydrogens (tertiary/aromatic N) is 1. The van der Waals surface area contributed by atoms with Crippen LogP contribution in [0.5, 0.6) is 0 Å². The SMILES string of the molecule is COC(=O)c1ccc([C@H]2NC(=O)CC[C@@H]2[N+](=O)[O-])cc1. The van der Waals surface area contributed by atoms with Crippen molar-refractivity contribution in [3.8, 4) is 0 Å². The lowest BCUT2D eigenvalue weighted by Gasteiger charge is -2.26. The fraction of sp³-hybridized carbons (Fsp3) is 0.385. The zero-order valence-corrected chi connectivity index (χ0v) is 10.9. The Labute approximate surface area is 115 Å². The number of benzene rings is 1. The maximum atomic E-state index is 11.4. The summed E-state index contributed by atoms with van der Waals surface area (Å²) in [5.41, 5.74) is 0.962. The van der Waals surface area contributed by atoms with Crippen LogP contribution in [0.4, 0.5) is 0 Å². The quantitative estimate of drug-likeness (QED) is 0.506. The highest BCUT2D eigenvalue weighted by atomic mass is 16.6. The van der Waals surface area contributed by atoms with Gasteiger partial charge in [-0.15, -0.1) is 0 Å². The number of piperidine rings is 1. The lowest BCUT2D eigenvalue weighted by Crippen LogP contribution is -2.45. The minimum absolute atomic E-state index is 0.155. The number of carbonyl (C=O) groups excluding carboxylic acids is 2. The minimum atomic E-state index is -0.850. The molecule has 1 saturated heterocycles. The molecule has 1 aromatic rings. The average molecular weight is 278 g/mol. The summed E-state index contributed by atoms with van der Waals surface area (Å²) >= 11 is 0. The first-order chi connectivity index (χ1) is 9.52. The van der Waals surface area contributed by atoms with E-state index in [4.69, 9.17) is 0 Å².